The lowest BCUT2D eigenvalue weighted by atomic mass is 10.1. The van der Waals surface area contributed by atoms with Crippen LogP contribution >= 0.6 is 0 Å². The molecule has 0 bridgehead atoms. The Labute approximate surface area is 110 Å². The molecule has 20 heavy (non-hydrogen) atoms. The molecule has 2 aromatic heterocycles. The first-order chi connectivity index (χ1) is 9.54. The van der Waals surface area contributed by atoms with Gasteiger partial charge in [-0.1, -0.05) is 5.21 Å². The van der Waals surface area contributed by atoms with Gasteiger partial charge in [-0.2, -0.15) is 9.41 Å². The largest absolute Gasteiger partial charge is 0.425 e. The Kier molecular flexibility index (Phi) is 2.90. The zero-order chi connectivity index (χ0) is 14.4. The topological polar surface area (TPSA) is 163 Å². The van der Waals surface area contributed by atoms with Gasteiger partial charge in [0, 0.05) is 0 Å². The molecule has 3 rings (SSSR count). The minimum Gasteiger partial charge on any atom is -0.425 e. The zero-order valence-corrected chi connectivity index (χ0v) is 10.0. The van der Waals surface area contributed by atoms with Crippen molar-refractivity contribution in [3.63, 3.8) is 0 Å². The van der Waals surface area contributed by atoms with Crippen LogP contribution in [0.2, 0.25) is 0 Å². The standard InChI is InChI=1S/C9H12N6O5/c10-7-4-8(11-2-14(7)19)15(13-12-4)9-6(18)5(17)3(1-16)20-9/h2-3,5-6,9-10,16-19H,1H2. The molecule has 4 atom stereocenters. The molecular formula is C9H12N6O5. The molecule has 1 aliphatic heterocycles. The molecule has 1 aliphatic rings. The zero-order valence-electron chi connectivity index (χ0n) is 10.0. The maximum atomic E-state index is 9.91. The Morgan fingerprint density at radius 2 is 2.10 bits per heavy atom. The first-order valence-corrected chi connectivity index (χ1v) is 5.73. The third-order valence-electron chi connectivity index (χ3n) is 3.17. The number of nitrogens with zero attached hydrogens (tertiary/aromatic N) is 5. The Morgan fingerprint density at radius 1 is 1.35 bits per heavy atom. The second kappa shape index (κ2) is 4.49. The molecule has 1 fully saturated rings. The van der Waals surface area contributed by atoms with Crippen LogP contribution < -0.4 is 5.49 Å². The highest BCUT2D eigenvalue weighted by molar-refractivity contribution is 5.67. The molecule has 4 unspecified atom stereocenters. The quantitative estimate of drug-likeness (QED) is 0.363. The highest BCUT2D eigenvalue weighted by Crippen LogP contribution is 2.29. The lowest BCUT2D eigenvalue weighted by Gasteiger charge is -2.14. The van der Waals surface area contributed by atoms with E-state index >= 15 is 0 Å². The number of aliphatic hydroxyl groups is 3. The monoisotopic (exact) mass is 284 g/mol. The summed E-state index contributed by atoms with van der Waals surface area (Å²) in [5.41, 5.74) is -0.212. The van der Waals surface area contributed by atoms with Crippen LogP contribution in [0.5, 0.6) is 0 Å². The molecule has 11 nitrogen and oxygen atoms in total. The van der Waals surface area contributed by atoms with Crippen LogP contribution in [0.3, 0.4) is 0 Å². The summed E-state index contributed by atoms with van der Waals surface area (Å²) in [5.74, 6) is 0. The third kappa shape index (κ3) is 1.68. The highest BCUT2D eigenvalue weighted by atomic mass is 16.6. The van der Waals surface area contributed by atoms with Crippen LogP contribution in [-0.2, 0) is 4.74 Å². The fraction of sp³-hybridized carbons (Fsp3) is 0.556. The van der Waals surface area contributed by atoms with Crippen LogP contribution in [-0.4, -0.2) is 70.2 Å². The molecular weight excluding hydrogens is 272 g/mol. The van der Waals surface area contributed by atoms with Gasteiger partial charge in [-0.05, 0) is 0 Å². The summed E-state index contributed by atoms with van der Waals surface area (Å²) >= 11 is 0. The van der Waals surface area contributed by atoms with E-state index in [0.29, 0.717) is 4.73 Å². The highest BCUT2D eigenvalue weighted by Gasteiger charge is 2.44. The minimum atomic E-state index is -1.32. The van der Waals surface area contributed by atoms with Gasteiger partial charge in [-0.25, -0.2) is 4.98 Å². The summed E-state index contributed by atoms with van der Waals surface area (Å²) in [6, 6.07) is 0. The van der Waals surface area contributed by atoms with Crippen LogP contribution in [0.1, 0.15) is 6.23 Å². The maximum absolute atomic E-state index is 9.91. The molecule has 0 aliphatic carbocycles. The number of hydrogen-bond acceptors (Lipinski definition) is 9. The van der Waals surface area contributed by atoms with Crippen molar-refractivity contribution < 1.29 is 25.3 Å². The molecule has 1 saturated heterocycles. The number of rotatable bonds is 2. The number of aromatic nitrogens is 5. The normalized spacial score (nSPS) is 30.1. The fourth-order valence-corrected chi connectivity index (χ4v) is 2.09. The first kappa shape index (κ1) is 12.9. The van der Waals surface area contributed by atoms with Gasteiger partial charge in [0.15, 0.2) is 22.9 Å². The van der Waals surface area contributed by atoms with Crippen molar-refractivity contribution in [1.82, 2.24) is 24.7 Å². The van der Waals surface area contributed by atoms with E-state index in [-0.39, 0.29) is 16.7 Å². The van der Waals surface area contributed by atoms with E-state index < -0.39 is 31.1 Å². The second-order valence-electron chi connectivity index (χ2n) is 4.37. The molecule has 108 valence electrons. The number of fused-ring (bicyclic) bond motifs is 1. The lowest BCUT2D eigenvalue weighted by molar-refractivity contribution is -0.0575. The number of aliphatic hydroxyl groups excluding tert-OH is 3. The molecule has 0 radical (unpaired) electrons. The smallest absolute Gasteiger partial charge is 0.194 e. The average molecular weight is 284 g/mol. The van der Waals surface area contributed by atoms with Crippen molar-refractivity contribution >= 4 is 11.2 Å². The van der Waals surface area contributed by atoms with E-state index in [1.807, 2.05) is 0 Å². The third-order valence-corrected chi connectivity index (χ3v) is 3.17. The Balaban J connectivity index is 2.08. The Hall–Kier alpha value is -2.08. The van der Waals surface area contributed by atoms with Gasteiger partial charge in [0.1, 0.15) is 24.6 Å². The molecule has 11 heteroatoms. The van der Waals surface area contributed by atoms with E-state index in [1.165, 1.54) is 0 Å². The number of hydrogen-bond donors (Lipinski definition) is 5. The summed E-state index contributed by atoms with van der Waals surface area (Å²) < 4.78 is 6.86. The van der Waals surface area contributed by atoms with Gasteiger partial charge in [-0.15, -0.1) is 5.10 Å². The van der Waals surface area contributed by atoms with E-state index in [9.17, 15) is 15.4 Å². The average Bonchev–Trinajstić information content (AvgIpc) is 2.98. The van der Waals surface area contributed by atoms with Crippen molar-refractivity contribution in [3.05, 3.63) is 11.8 Å². The van der Waals surface area contributed by atoms with Crippen LogP contribution in [0.4, 0.5) is 0 Å². The van der Waals surface area contributed by atoms with Crippen LogP contribution in [0.15, 0.2) is 6.33 Å². The summed E-state index contributed by atoms with van der Waals surface area (Å²) in [7, 11) is 0. The minimum absolute atomic E-state index is 0.00717. The van der Waals surface area contributed by atoms with E-state index in [2.05, 4.69) is 15.3 Å². The SMILES string of the molecule is N=c1c2nnn(C3OC(CO)C(O)C3O)c2ncn1O. The van der Waals surface area contributed by atoms with Gasteiger partial charge >= 0.3 is 0 Å². The second-order valence-corrected chi connectivity index (χ2v) is 4.37. The summed E-state index contributed by atoms with van der Waals surface area (Å²) in [5, 5.41) is 52.9. The van der Waals surface area contributed by atoms with Crippen LogP contribution in [0, 0.1) is 5.41 Å². The summed E-state index contributed by atoms with van der Waals surface area (Å²) in [6.07, 6.45) is -3.66. The van der Waals surface area contributed by atoms with E-state index in [4.69, 9.17) is 15.3 Å². The number of nitrogens with one attached hydrogen (secondary N) is 1. The first-order valence-electron chi connectivity index (χ1n) is 5.73. The van der Waals surface area contributed by atoms with Gasteiger partial charge in [0.05, 0.1) is 6.61 Å². The maximum Gasteiger partial charge on any atom is 0.194 e. The molecule has 0 saturated carbocycles. The Morgan fingerprint density at radius 3 is 2.75 bits per heavy atom. The predicted molar refractivity (Wildman–Crippen MR) is 59.4 cm³/mol. The van der Waals surface area contributed by atoms with Gasteiger partial charge in [-0.3, -0.25) is 5.41 Å². The molecule has 0 spiro atoms. The van der Waals surface area contributed by atoms with Crippen molar-refractivity contribution in [2.75, 3.05) is 6.61 Å². The van der Waals surface area contributed by atoms with Gasteiger partial charge < -0.3 is 25.3 Å². The predicted octanol–water partition coefficient (Wildman–Crippen LogP) is -3.04. The van der Waals surface area contributed by atoms with Crippen molar-refractivity contribution in [1.29, 1.82) is 5.41 Å². The van der Waals surface area contributed by atoms with E-state index in [1.54, 1.807) is 0 Å². The number of ether oxygens (including phenoxy) is 1. The molecule has 2 aromatic rings. The van der Waals surface area contributed by atoms with Crippen molar-refractivity contribution in [2.45, 2.75) is 24.5 Å². The van der Waals surface area contributed by atoms with Crippen molar-refractivity contribution in [3.8, 4) is 0 Å². The summed E-state index contributed by atoms with van der Waals surface area (Å²) in [4.78, 5) is 3.85. The van der Waals surface area contributed by atoms with Gasteiger partial charge in [0.25, 0.3) is 0 Å². The van der Waals surface area contributed by atoms with Crippen LogP contribution in [0.25, 0.3) is 11.2 Å². The van der Waals surface area contributed by atoms with Crippen molar-refractivity contribution in [2.24, 2.45) is 0 Å². The Bertz CT molecular complexity index is 698. The van der Waals surface area contributed by atoms with Gasteiger partial charge in [0.2, 0.25) is 0 Å². The lowest BCUT2D eigenvalue weighted by Crippen LogP contribution is -2.33. The molecule has 5 N–H and O–H groups in total. The summed E-state index contributed by atoms with van der Waals surface area (Å²) in [6.45, 7) is -0.463. The molecule has 0 amide bonds. The molecule has 3 heterocycles. The van der Waals surface area contributed by atoms with E-state index in [0.717, 1.165) is 11.0 Å². The fourth-order valence-electron chi connectivity index (χ4n) is 2.09. The molecule has 0 aromatic carbocycles.